The quantitative estimate of drug-likeness (QED) is 0.423. The molecular weight excluding hydrogens is 179 g/mol. The summed E-state index contributed by atoms with van der Waals surface area (Å²) in [5.74, 6) is 0. The molecule has 0 radical (unpaired) electrons. The van der Waals surface area contributed by atoms with Crippen LogP contribution >= 0.6 is 0 Å². The second kappa shape index (κ2) is 12.6. The van der Waals surface area contributed by atoms with E-state index in [9.17, 15) is 4.39 Å². The second-order valence-electron chi connectivity index (χ2n) is 3.58. The minimum Gasteiger partial charge on any atom is -0.396 e. The number of aliphatic hydroxyl groups excluding tert-OH is 1. The van der Waals surface area contributed by atoms with Crippen LogP contribution < -0.4 is 0 Å². The maximum absolute atomic E-state index is 11.7. The largest absolute Gasteiger partial charge is 0.396 e. The van der Waals surface area contributed by atoms with E-state index in [1.807, 2.05) is 6.08 Å². The molecule has 0 fully saturated rings. The van der Waals surface area contributed by atoms with Crippen molar-refractivity contribution in [2.75, 3.05) is 13.3 Å². The average Bonchev–Trinajstić information content (AvgIpc) is 2.21. The zero-order chi connectivity index (χ0) is 10.5. The van der Waals surface area contributed by atoms with Gasteiger partial charge in [-0.3, -0.25) is 4.39 Å². The van der Waals surface area contributed by atoms with Gasteiger partial charge in [-0.1, -0.05) is 37.8 Å². The van der Waals surface area contributed by atoms with Crippen LogP contribution in [0.25, 0.3) is 0 Å². The van der Waals surface area contributed by atoms with Crippen molar-refractivity contribution in [2.24, 2.45) is 0 Å². The average molecular weight is 202 g/mol. The van der Waals surface area contributed by atoms with E-state index in [4.69, 9.17) is 5.11 Å². The van der Waals surface area contributed by atoms with E-state index >= 15 is 0 Å². The molecule has 0 amide bonds. The first-order chi connectivity index (χ1) is 6.91. The highest BCUT2D eigenvalue weighted by molar-refractivity contribution is 4.80. The summed E-state index contributed by atoms with van der Waals surface area (Å²) < 4.78 is 11.7. The molecule has 0 heterocycles. The minimum absolute atomic E-state index is 0.163. The number of halogens is 1. The van der Waals surface area contributed by atoms with Crippen LogP contribution in [-0.2, 0) is 0 Å². The molecule has 0 aliphatic rings. The minimum atomic E-state index is -0.163. The molecule has 0 unspecified atom stereocenters. The molecule has 0 bridgehead atoms. The number of unbranched alkanes of at least 4 members (excludes halogenated alkanes) is 6. The van der Waals surface area contributed by atoms with Crippen LogP contribution in [0.4, 0.5) is 4.39 Å². The fourth-order valence-electron chi connectivity index (χ4n) is 1.37. The van der Waals surface area contributed by atoms with Crippen LogP contribution in [0.5, 0.6) is 0 Å². The molecule has 0 spiro atoms. The molecule has 1 nitrogen and oxygen atoms in total. The van der Waals surface area contributed by atoms with Gasteiger partial charge in [0.2, 0.25) is 0 Å². The summed E-state index contributed by atoms with van der Waals surface area (Å²) in [6.07, 6.45) is 12.7. The van der Waals surface area contributed by atoms with Crippen molar-refractivity contribution in [1.29, 1.82) is 0 Å². The van der Waals surface area contributed by atoms with Gasteiger partial charge >= 0.3 is 0 Å². The van der Waals surface area contributed by atoms with Gasteiger partial charge in [0.1, 0.15) is 0 Å². The maximum atomic E-state index is 11.7. The molecule has 1 N–H and O–H groups in total. The number of hydrogen-bond acceptors (Lipinski definition) is 1. The molecule has 14 heavy (non-hydrogen) atoms. The lowest BCUT2D eigenvalue weighted by molar-refractivity contribution is 0.302. The van der Waals surface area contributed by atoms with Crippen molar-refractivity contribution < 1.29 is 9.50 Å². The number of aliphatic hydroxyl groups is 1. The van der Waals surface area contributed by atoms with Crippen LogP contribution in [0.3, 0.4) is 0 Å². The molecule has 0 atom stereocenters. The summed E-state index contributed by atoms with van der Waals surface area (Å²) >= 11 is 0. The Morgan fingerprint density at radius 1 is 0.786 bits per heavy atom. The van der Waals surface area contributed by atoms with E-state index in [1.54, 1.807) is 0 Å². The Bertz CT molecular complexity index is 123. The molecule has 0 aromatic carbocycles. The van der Waals surface area contributed by atoms with Crippen LogP contribution in [0.15, 0.2) is 12.2 Å². The van der Waals surface area contributed by atoms with Crippen molar-refractivity contribution in [1.82, 2.24) is 0 Å². The number of allylic oxidation sites excluding steroid dienone is 1. The highest BCUT2D eigenvalue weighted by atomic mass is 19.1. The van der Waals surface area contributed by atoms with Gasteiger partial charge in [-0.25, -0.2) is 0 Å². The molecule has 0 aromatic rings. The second-order valence-corrected chi connectivity index (χ2v) is 3.58. The molecule has 0 aromatic heterocycles. The van der Waals surface area contributed by atoms with Crippen molar-refractivity contribution >= 4 is 0 Å². The van der Waals surface area contributed by atoms with Gasteiger partial charge < -0.3 is 5.11 Å². The maximum Gasteiger partial charge on any atom is 0.0894 e. The standard InChI is InChI=1S/C12H23FO/c13-11-9-7-5-3-1-2-4-6-8-10-12-14/h6,8,14H,1-5,7,9-12H2. The molecule has 84 valence electrons. The van der Waals surface area contributed by atoms with Crippen LogP contribution in [0.1, 0.15) is 51.4 Å². The lowest BCUT2D eigenvalue weighted by Gasteiger charge is -1.98. The predicted octanol–water partition coefficient (Wildman–Crippen LogP) is 3.63. The Morgan fingerprint density at radius 3 is 2.00 bits per heavy atom. The van der Waals surface area contributed by atoms with Crippen LogP contribution in [-0.4, -0.2) is 18.4 Å². The predicted molar refractivity (Wildman–Crippen MR) is 59.1 cm³/mol. The Balaban J connectivity index is 2.91. The smallest absolute Gasteiger partial charge is 0.0894 e. The lowest BCUT2D eigenvalue weighted by Crippen LogP contribution is -1.81. The zero-order valence-electron chi connectivity index (χ0n) is 9.05. The third-order valence-corrected chi connectivity index (χ3v) is 2.22. The van der Waals surface area contributed by atoms with Gasteiger partial charge in [-0.15, -0.1) is 0 Å². The van der Waals surface area contributed by atoms with Crippen molar-refractivity contribution in [3.05, 3.63) is 12.2 Å². The van der Waals surface area contributed by atoms with E-state index in [2.05, 4.69) is 6.08 Å². The van der Waals surface area contributed by atoms with Gasteiger partial charge in [-0.2, -0.15) is 0 Å². The van der Waals surface area contributed by atoms with Crippen molar-refractivity contribution in [2.45, 2.75) is 51.4 Å². The van der Waals surface area contributed by atoms with E-state index in [-0.39, 0.29) is 13.3 Å². The van der Waals surface area contributed by atoms with E-state index in [1.165, 1.54) is 25.7 Å². The fourth-order valence-corrected chi connectivity index (χ4v) is 1.37. The summed E-state index contributed by atoms with van der Waals surface area (Å²) in [6, 6.07) is 0. The first kappa shape index (κ1) is 13.6. The van der Waals surface area contributed by atoms with Crippen LogP contribution in [0.2, 0.25) is 0 Å². The third-order valence-electron chi connectivity index (χ3n) is 2.22. The van der Waals surface area contributed by atoms with Crippen molar-refractivity contribution in [3.8, 4) is 0 Å². The molecule has 2 heteroatoms. The van der Waals surface area contributed by atoms with Gasteiger partial charge in [0.25, 0.3) is 0 Å². The summed E-state index contributed by atoms with van der Waals surface area (Å²) in [7, 11) is 0. The van der Waals surface area contributed by atoms with Gasteiger partial charge in [0, 0.05) is 6.61 Å². The molecule has 0 aliphatic carbocycles. The van der Waals surface area contributed by atoms with Gasteiger partial charge in [-0.05, 0) is 25.7 Å². The fraction of sp³-hybridized carbons (Fsp3) is 0.833. The zero-order valence-corrected chi connectivity index (χ0v) is 9.05. The van der Waals surface area contributed by atoms with Crippen LogP contribution in [0, 0.1) is 0 Å². The van der Waals surface area contributed by atoms with E-state index in [0.29, 0.717) is 0 Å². The molecule has 0 aliphatic heterocycles. The Kier molecular flexibility index (Phi) is 12.3. The lowest BCUT2D eigenvalue weighted by atomic mass is 10.1. The third kappa shape index (κ3) is 11.6. The molecule has 0 saturated carbocycles. The summed E-state index contributed by atoms with van der Waals surface area (Å²) in [5, 5.41) is 8.51. The summed E-state index contributed by atoms with van der Waals surface area (Å²) in [5.41, 5.74) is 0. The summed E-state index contributed by atoms with van der Waals surface area (Å²) in [6.45, 7) is 0.0869. The molecular formula is C12H23FO. The molecule has 0 saturated heterocycles. The first-order valence-electron chi connectivity index (χ1n) is 5.73. The normalized spacial score (nSPS) is 11.3. The molecule has 0 rings (SSSR count). The highest BCUT2D eigenvalue weighted by Gasteiger charge is 1.89. The Morgan fingerprint density at radius 2 is 1.36 bits per heavy atom. The van der Waals surface area contributed by atoms with E-state index < -0.39 is 0 Å². The van der Waals surface area contributed by atoms with Crippen molar-refractivity contribution in [3.63, 3.8) is 0 Å². The SMILES string of the molecule is OCCC=CCCCCCCCCF. The Labute approximate surface area is 87.0 Å². The number of hydrogen-bond donors (Lipinski definition) is 1. The number of rotatable bonds is 10. The van der Waals surface area contributed by atoms with Gasteiger partial charge in [0.05, 0.1) is 6.67 Å². The summed E-state index contributed by atoms with van der Waals surface area (Å²) in [4.78, 5) is 0. The monoisotopic (exact) mass is 202 g/mol. The van der Waals surface area contributed by atoms with E-state index in [0.717, 1.165) is 25.7 Å². The number of alkyl halides is 1. The highest BCUT2D eigenvalue weighted by Crippen LogP contribution is 2.07. The van der Waals surface area contributed by atoms with Gasteiger partial charge in [0.15, 0.2) is 0 Å². The topological polar surface area (TPSA) is 20.2 Å². The first-order valence-corrected chi connectivity index (χ1v) is 5.73. The Hall–Kier alpha value is -0.370.